The molecule has 0 bridgehead atoms. The van der Waals surface area contributed by atoms with Crippen LogP contribution in [0.5, 0.6) is 0 Å². The summed E-state index contributed by atoms with van der Waals surface area (Å²) < 4.78 is 0. The van der Waals surface area contributed by atoms with E-state index in [0.717, 1.165) is 12.3 Å². The van der Waals surface area contributed by atoms with Crippen molar-refractivity contribution in [3.8, 4) is 0 Å². The summed E-state index contributed by atoms with van der Waals surface area (Å²) in [5, 5.41) is 9.87. The van der Waals surface area contributed by atoms with E-state index in [9.17, 15) is 5.11 Å². The van der Waals surface area contributed by atoms with Crippen molar-refractivity contribution in [2.24, 2.45) is 5.92 Å². The van der Waals surface area contributed by atoms with Gasteiger partial charge in [-0.1, -0.05) is 6.92 Å². The minimum Gasteiger partial charge on any atom is -0.391 e. The second-order valence-corrected chi connectivity index (χ2v) is 5.89. The largest absolute Gasteiger partial charge is 0.391 e. The van der Waals surface area contributed by atoms with Gasteiger partial charge in [-0.05, 0) is 30.9 Å². The van der Waals surface area contributed by atoms with Crippen LogP contribution in [-0.4, -0.2) is 46.7 Å². The van der Waals surface area contributed by atoms with E-state index in [1.807, 2.05) is 0 Å². The Balaban J connectivity index is 1.94. The SMILES string of the molecule is CC1CSCCN([C@H]2CCC[C@@H]2O)C1. The Kier molecular flexibility index (Phi) is 3.74. The molecule has 2 nitrogen and oxygen atoms in total. The van der Waals surface area contributed by atoms with Crippen molar-refractivity contribution in [2.45, 2.75) is 38.3 Å². The zero-order chi connectivity index (χ0) is 9.97. The summed E-state index contributed by atoms with van der Waals surface area (Å²) in [5.74, 6) is 3.32. The van der Waals surface area contributed by atoms with E-state index >= 15 is 0 Å². The van der Waals surface area contributed by atoms with Crippen LogP contribution in [-0.2, 0) is 0 Å². The van der Waals surface area contributed by atoms with Gasteiger partial charge in [0.15, 0.2) is 0 Å². The van der Waals surface area contributed by atoms with Crippen LogP contribution < -0.4 is 0 Å². The van der Waals surface area contributed by atoms with Crippen LogP contribution in [0.1, 0.15) is 26.2 Å². The molecule has 1 N–H and O–H groups in total. The quantitative estimate of drug-likeness (QED) is 0.718. The third kappa shape index (κ3) is 2.44. The fourth-order valence-electron chi connectivity index (χ4n) is 2.66. The van der Waals surface area contributed by atoms with Gasteiger partial charge < -0.3 is 5.11 Å². The molecule has 0 aromatic carbocycles. The second kappa shape index (κ2) is 4.86. The fourth-order valence-corrected chi connectivity index (χ4v) is 3.70. The first-order valence-corrected chi connectivity index (χ1v) is 6.92. The molecule has 82 valence electrons. The van der Waals surface area contributed by atoms with Gasteiger partial charge in [-0.25, -0.2) is 0 Å². The van der Waals surface area contributed by atoms with Gasteiger partial charge in [-0.3, -0.25) is 4.90 Å². The standard InChI is InChI=1S/C11H21NOS/c1-9-7-12(5-6-14-8-9)10-3-2-4-11(10)13/h9-11,13H,2-8H2,1H3/t9?,10-,11-/m0/s1. The van der Waals surface area contributed by atoms with Gasteiger partial charge in [-0.2, -0.15) is 11.8 Å². The number of aliphatic hydroxyl groups is 1. The molecule has 1 aliphatic heterocycles. The van der Waals surface area contributed by atoms with Crippen molar-refractivity contribution in [1.29, 1.82) is 0 Å². The number of aliphatic hydroxyl groups excluding tert-OH is 1. The maximum absolute atomic E-state index is 9.87. The van der Waals surface area contributed by atoms with Crippen molar-refractivity contribution in [3.63, 3.8) is 0 Å². The summed E-state index contributed by atoms with van der Waals surface area (Å²) in [6.45, 7) is 4.69. The summed E-state index contributed by atoms with van der Waals surface area (Å²) in [5.41, 5.74) is 0. The smallest absolute Gasteiger partial charge is 0.0695 e. The maximum atomic E-state index is 9.87. The average molecular weight is 215 g/mol. The Morgan fingerprint density at radius 1 is 1.36 bits per heavy atom. The van der Waals surface area contributed by atoms with Gasteiger partial charge >= 0.3 is 0 Å². The molecule has 1 heterocycles. The average Bonchev–Trinajstić information content (AvgIpc) is 2.45. The Bertz CT molecular complexity index is 188. The van der Waals surface area contributed by atoms with Crippen LogP contribution in [0.4, 0.5) is 0 Å². The summed E-state index contributed by atoms with van der Waals surface area (Å²) in [4.78, 5) is 2.53. The number of nitrogens with zero attached hydrogens (tertiary/aromatic N) is 1. The molecule has 14 heavy (non-hydrogen) atoms. The lowest BCUT2D eigenvalue weighted by Gasteiger charge is -2.30. The normalized spacial score (nSPS) is 41.1. The summed E-state index contributed by atoms with van der Waals surface area (Å²) >= 11 is 2.06. The predicted molar refractivity (Wildman–Crippen MR) is 61.7 cm³/mol. The summed E-state index contributed by atoms with van der Waals surface area (Å²) in [6.07, 6.45) is 3.38. The minimum absolute atomic E-state index is 0.0506. The molecule has 2 fully saturated rings. The molecule has 1 aliphatic carbocycles. The number of hydrogen-bond donors (Lipinski definition) is 1. The Morgan fingerprint density at radius 2 is 2.21 bits per heavy atom. The highest BCUT2D eigenvalue weighted by Crippen LogP contribution is 2.27. The third-order valence-corrected chi connectivity index (χ3v) is 4.66. The van der Waals surface area contributed by atoms with Crippen molar-refractivity contribution in [2.75, 3.05) is 24.6 Å². The first-order valence-electron chi connectivity index (χ1n) is 5.77. The second-order valence-electron chi connectivity index (χ2n) is 4.74. The Morgan fingerprint density at radius 3 is 2.93 bits per heavy atom. The molecule has 0 aromatic rings. The van der Waals surface area contributed by atoms with E-state index in [1.165, 1.54) is 37.4 Å². The number of hydrogen-bond acceptors (Lipinski definition) is 3. The molecule has 1 saturated heterocycles. The zero-order valence-corrected chi connectivity index (χ0v) is 9.80. The van der Waals surface area contributed by atoms with Crippen molar-refractivity contribution in [1.82, 2.24) is 4.90 Å². The molecular formula is C11H21NOS. The number of rotatable bonds is 1. The molecule has 3 heteroatoms. The van der Waals surface area contributed by atoms with Gasteiger partial charge in [0, 0.05) is 24.9 Å². The lowest BCUT2D eigenvalue weighted by Crippen LogP contribution is -2.43. The van der Waals surface area contributed by atoms with E-state index in [2.05, 4.69) is 23.6 Å². The summed E-state index contributed by atoms with van der Waals surface area (Å²) in [6, 6.07) is 0.469. The molecular weight excluding hydrogens is 194 g/mol. The predicted octanol–water partition coefficient (Wildman–Crippen LogP) is 1.58. The van der Waals surface area contributed by atoms with Crippen LogP contribution in [0.25, 0.3) is 0 Å². The lowest BCUT2D eigenvalue weighted by molar-refractivity contribution is 0.0691. The van der Waals surface area contributed by atoms with Gasteiger partial charge in [-0.15, -0.1) is 0 Å². The zero-order valence-electron chi connectivity index (χ0n) is 8.98. The van der Waals surface area contributed by atoms with Crippen LogP contribution in [0, 0.1) is 5.92 Å². The van der Waals surface area contributed by atoms with E-state index in [1.54, 1.807) is 0 Å². The molecule has 0 spiro atoms. The molecule has 1 unspecified atom stereocenters. The molecule has 0 aromatic heterocycles. The van der Waals surface area contributed by atoms with E-state index in [-0.39, 0.29) is 6.10 Å². The third-order valence-electron chi connectivity index (χ3n) is 3.38. The highest BCUT2D eigenvalue weighted by Gasteiger charge is 2.31. The van der Waals surface area contributed by atoms with Gasteiger partial charge in [0.25, 0.3) is 0 Å². The molecule has 0 amide bonds. The van der Waals surface area contributed by atoms with E-state index in [0.29, 0.717) is 6.04 Å². The Labute approximate surface area is 91.1 Å². The minimum atomic E-state index is -0.0506. The Hall–Kier alpha value is 0.270. The van der Waals surface area contributed by atoms with Crippen LogP contribution in [0.2, 0.25) is 0 Å². The van der Waals surface area contributed by atoms with E-state index < -0.39 is 0 Å². The van der Waals surface area contributed by atoms with Crippen LogP contribution in [0.3, 0.4) is 0 Å². The highest BCUT2D eigenvalue weighted by atomic mass is 32.2. The first kappa shape index (κ1) is 10.8. The lowest BCUT2D eigenvalue weighted by atomic mass is 10.1. The number of thioether (sulfide) groups is 1. The molecule has 2 rings (SSSR count). The molecule has 2 aliphatic rings. The van der Waals surface area contributed by atoms with Gasteiger partial charge in [0.05, 0.1) is 6.10 Å². The van der Waals surface area contributed by atoms with Crippen LogP contribution >= 0.6 is 11.8 Å². The van der Waals surface area contributed by atoms with Crippen LogP contribution in [0.15, 0.2) is 0 Å². The van der Waals surface area contributed by atoms with Crippen molar-refractivity contribution >= 4 is 11.8 Å². The maximum Gasteiger partial charge on any atom is 0.0695 e. The molecule has 0 radical (unpaired) electrons. The van der Waals surface area contributed by atoms with Crippen molar-refractivity contribution < 1.29 is 5.11 Å². The molecule has 1 saturated carbocycles. The highest BCUT2D eigenvalue weighted by molar-refractivity contribution is 7.99. The molecule has 3 atom stereocenters. The van der Waals surface area contributed by atoms with Crippen molar-refractivity contribution in [3.05, 3.63) is 0 Å². The topological polar surface area (TPSA) is 23.5 Å². The van der Waals surface area contributed by atoms with E-state index in [4.69, 9.17) is 0 Å². The van der Waals surface area contributed by atoms with Gasteiger partial charge in [0.1, 0.15) is 0 Å². The van der Waals surface area contributed by atoms with Gasteiger partial charge in [0.2, 0.25) is 0 Å². The fraction of sp³-hybridized carbons (Fsp3) is 1.00. The summed E-state index contributed by atoms with van der Waals surface area (Å²) in [7, 11) is 0. The first-order chi connectivity index (χ1) is 6.77. The monoisotopic (exact) mass is 215 g/mol.